The lowest BCUT2D eigenvalue weighted by Gasteiger charge is -2.09. The molecule has 0 saturated heterocycles. The first-order valence-corrected chi connectivity index (χ1v) is 7.04. The first-order chi connectivity index (χ1) is 9.85. The number of carbonyl (C=O) groups excluding carboxylic acids is 1. The number of aromatic nitrogens is 4. The highest BCUT2D eigenvalue weighted by Gasteiger charge is 2.14. The first kappa shape index (κ1) is 15.2. The van der Waals surface area contributed by atoms with Gasteiger partial charge in [-0.2, -0.15) is 9.78 Å². The van der Waals surface area contributed by atoms with Gasteiger partial charge >= 0.3 is 0 Å². The van der Waals surface area contributed by atoms with Gasteiger partial charge in [0.15, 0.2) is 0 Å². The zero-order valence-electron chi connectivity index (χ0n) is 13.1. The fourth-order valence-corrected chi connectivity index (χ4v) is 2.11. The summed E-state index contributed by atoms with van der Waals surface area (Å²) in [6.07, 6.45) is 0.470. The Labute approximate surface area is 124 Å². The standard InChI is InChI=1S/C15H21N5O/c1-9(2)6-14(21)18-13-8-12(5)19-20(13)15-16-10(3)7-11(4)17-15/h7-9H,6H2,1-5H3,(H,18,21). The van der Waals surface area contributed by atoms with Gasteiger partial charge in [-0.1, -0.05) is 13.8 Å². The predicted octanol–water partition coefficient (Wildman–Crippen LogP) is 2.57. The fraction of sp³-hybridized carbons (Fsp3) is 0.467. The van der Waals surface area contributed by atoms with Crippen LogP contribution < -0.4 is 5.32 Å². The topological polar surface area (TPSA) is 72.7 Å². The number of nitrogens with one attached hydrogen (secondary N) is 1. The maximum absolute atomic E-state index is 12.0. The minimum atomic E-state index is -0.0319. The molecule has 2 aromatic heterocycles. The van der Waals surface area contributed by atoms with E-state index in [0.29, 0.717) is 24.1 Å². The number of carbonyl (C=O) groups is 1. The van der Waals surface area contributed by atoms with E-state index in [2.05, 4.69) is 20.4 Å². The summed E-state index contributed by atoms with van der Waals surface area (Å²) >= 11 is 0. The summed E-state index contributed by atoms with van der Waals surface area (Å²) in [6.45, 7) is 9.71. The van der Waals surface area contributed by atoms with Crippen LogP contribution in [-0.4, -0.2) is 25.7 Å². The van der Waals surface area contributed by atoms with Gasteiger partial charge < -0.3 is 5.32 Å². The maximum Gasteiger partial charge on any atom is 0.252 e. The van der Waals surface area contributed by atoms with E-state index in [1.807, 2.05) is 46.8 Å². The van der Waals surface area contributed by atoms with Crippen LogP contribution in [0.5, 0.6) is 0 Å². The van der Waals surface area contributed by atoms with Crippen molar-refractivity contribution in [1.82, 2.24) is 19.7 Å². The van der Waals surface area contributed by atoms with E-state index in [-0.39, 0.29) is 5.91 Å². The molecule has 0 aliphatic rings. The van der Waals surface area contributed by atoms with E-state index < -0.39 is 0 Å². The van der Waals surface area contributed by atoms with Gasteiger partial charge in [0.25, 0.3) is 5.95 Å². The van der Waals surface area contributed by atoms with Gasteiger partial charge in [-0.25, -0.2) is 9.97 Å². The second kappa shape index (κ2) is 6.03. The Hall–Kier alpha value is -2.24. The molecule has 2 rings (SSSR count). The number of aryl methyl sites for hydroxylation is 3. The van der Waals surface area contributed by atoms with Crippen LogP contribution in [0.15, 0.2) is 12.1 Å². The van der Waals surface area contributed by atoms with Crippen LogP contribution in [0.1, 0.15) is 37.4 Å². The van der Waals surface area contributed by atoms with Gasteiger partial charge in [0.05, 0.1) is 5.69 Å². The molecule has 2 heterocycles. The third-order valence-corrected chi connectivity index (χ3v) is 2.85. The van der Waals surface area contributed by atoms with Crippen LogP contribution in [0.25, 0.3) is 5.95 Å². The molecule has 0 aromatic carbocycles. The molecule has 0 atom stereocenters. The summed E-state index contributed by atoms with van der Waals surface area (Å²) < 4.78 is 1.58. The van der Waals surface area contributed by atoms with E-state index >= 15 is 0 Å². The van der Waals surface area contributed by atoms with Crippen molar-refractivity contribution >= 4 is 11.7 Å². The molecular formula is C15H21N5O. The SMILES string of the molecule is Cc1cc(C)nc(-n2nc(C)cc2NC(=O)CC(C)C)n1. The van der Waals surface area contributed by atoms with Crippen LogP contribution in [0.4, 0.5) is 5.82 Å². The lowest BCUT2D eigenvalue weighted by Crippen LogP contribution is -2.17. The highest BCUT2D eigenvalue weighted by Crippen LogP contribution is 2.16. The number of nitrogens with zero attached hydrogens (tertiary/aromatic N) is 4. The molecular weight excluding hydrogens is 266 g/mol. The van der Waals surface area contributed by atoms with Crippen molar-refractivity contribution in [3.63, 3.8) is 0 Å². The van der Waals surface area contributed by atoms with Crippen molar-refractivity contribution < 1.29 is 4.79 Å². The molecule has 1 N–H and O–H groups in total. The van der Waals surface area contributed by atoms with Crippen LogP contribution in [-0.2, 0) is 4.79 Å². The highest BCUT2D eigenvalue weighted by molar-refractivity contribution is 5.90. The van der Waals surface area contributed by atoms with Crippen LogP contribution in [0.3, 0.4) is 0 Å². The number of amides is 1. The van der Waals surface area contributed by atoms with Gasteiger partial charge in [0.2, 0.25) is 5.91 Å². The van der Waals surface area contributed by atoms with Crippen molar-refractivity contribution in [2.75, 3.05) is 5.32 Å². The van der Waals surface area contributed by atoms with E-state index in [1.54, 1.807) is 4.68 Å². The quantitative estimate of drug-likeness (QED) is 0.938. The Kier molecular flexibility index (Phi) is 4.35. The van der Waals surface area contributed by atoms with Crippen molar-refractivity contribution in [1.29, 1.82) is 0 Å². The molecule has 0 aliphatic carbocycles. The summed E-state index contributed by atoms with van der Waals surface area (Å²) in [6, 6.07) is 3.72. The second-order valence-electron chi connectivity index (χ2n) is 5.68. The third-order valence-electron chi connectivity index (χ3n) is 2.85. The number of rotatable bonds is 4. The minimum absolute atomic E-state index is 0.0319. The van der Waals surface area contributed by atoms with Crippen molar-refractivity contribution in [2.24, 2.45) is 5.92 Å². The third kappa shape index (κ3) is 3.87. The molecule has 1 amide bonds. The van der Waals surface area contributed by atoms with E-state index in [9.17, 15) is 4.79 Å². The number of hydrogen-bond acceptors (Lipinski definition) is 4. The lowest BCUT2D eigenvalue weighted by atomic mass is 10.1. The molecule has 0 fully saturated rings. The zero-order valence-corrected chi connectivity index (χ0v) is 13.1. The highest BCUT2D eigenvalue weighted by atomic mass is 16.1. The molecule has 6 heteroatoms. The van der Waals surface area contributed by atoms with Crippen LogP contribution in [0.2, 0.25) is 0 Å². The molecule has 112 valence electrons. The normalized spacial score (nSPS) is 11.0. The van der Waals surface area contributed by atoms with E-state index in [4.69, 9.17) is 0 Å². The predicted molar refractivity (Wildman–Crippen MR) is 81.4 cm³/mol. The summed E-state index contributed by atoms with van der Waals surface area (Å²) in [7, 11) is 0. The molecule has 0 spiro atoms. The molecule has 0 unspecified atom stereocenters. The Morgan fingerprint density at radius 2 is 1.76 bits per heavy atom. The zero-order chi connectivity index (χ0) is 15.6. The summed E-state index contributed by atoms with van der Waals surface area (Å²) in [5.74, 6) is 1.35. The molecule has 0 bridgehead atoms. The molecule has 2 aromatic rings. The monoisotopic (exact) mass is 287 g/mol. The number of anilines is 1. The lowest BCUT2D eigenvalue weighted by molar-refractivity contribution is -0.116. The average Bonchev–Trinajstić information content (AvgIpc) is 2.67. The van der Waals surface area contributed by atoms with Gasteiger partial charge in [0.1, 0.15) is 5.82 Å². The van der Waals surface area contributed by atoms with Crippen molar-refractivity contribution in [3.8, 4) is 5.95 Å². The Bertz CT molecular complexity index is 640. The Balaban J connectivity index is 2.34. The molecule has 0 aliphatic heterocycles. The van der Waals surface area contributed by atoms with Gasteiger partial charge in [0, 0.05) is 23.9 Å². The smallest absolute Gasteiger partial charge is 0.252 e. The van der Waals surface area contributed by atoms with Gasteiger partial charge in [-0.3, -0.25) is 4.79 Å². The fourth-order valence-electron chi connectivity index (χ4n) is 2.11. The van der Waals surface area contributed by atoms with Crippen LogP contribution >= 0.6 is 0 Å². The van der Waals surface area contributed by atoms with Crippen molar-refractivity contribution in [2.45, 2.75) is 41.0 Å². The molecule has 6 nitrogen and oxygen atoms in total. The minimum Gasteiger partial charge on any atom is -0.310 e. The maximum atomic E-state index is 12.0. The molecule has 0 radical (unpaired) electrons. The largest absolute Gasteiger partial charge is 0.310 e. The first-order valence-electron chi connectivity index (χ1n) is 7.04. The van der Waals surface area contributed by atoms with E-state index in [1.165, 1.54) is 0 Å². The second-order valence-corrected chi connectivity index (χ2v) is 5.68. The molecule has 21 heavy (non-hydrogen) atoms. The Morgan fingerprint density at radius 3 is 2.33 bits per heavy atom. The summed E-state index contributed by atoms with van der Waals surface area (Å²) in [5.41, 5.74) is 2.54. The van der Waals surface area contributed by atoms with Crippen LogP contribution in [0, 0.1) is 26.7 Å². The Morgan fingerprint density at radius 1 is 1.14 bits per heavy atom. The summed E-state index contributed by atoms with van der Waals surface area (Å²) in [5, 5.41) is 7.25. The average molecular weight is 287 g/mol. The number of hydrogen-bond donors (Lipinski definition) is 1. The van der Waals surface area contributed by atoms with Gasteiger partial charge in [-0.15, -0.1) is 0 Å². The van der Waals surface area contributed by atoms with E-state index in [0.717, 1.165) is 17.1 Å². The van der Waals surface area contributed by atoms with Crippen molar-refractivity contribution in [3.05, 3.63) is 29.2 Å². The summed E-state index contributed by atoms with van der Waals surface area (Å²) in [4.78, 5) is 20.7. The van der Waals surface area contributed by atoms with Gasteiger partial charge in [-0.05, 0) is 32.8 Å². The molecule has 0 saturated carbocycles.